The molecule has 2 aliphatic rings. The van der Waals surface area contributed by atoms with E-state index >= 15 is 0 Å². The predicted octanol–water partition coefficient (Wildman–Crippen LogP) is 2.09. The van der Waals surface area contributed by atoms with Gasteiger partial charge in [-0.25, -0.2) is 9.29 Å². The third kappa shape index (κ3) is 1.80. The van der Waals surface area contributed by atoms with Crippen molar-refractivity contribution < 1.29 is 14.0 Å². The fraction of sp³-hybridized carbons (Fsp3) is 0.429. The monoisotopic (exact) mass is 262 g/mol. The minimum atomic E-state index is -0.588. The Morgan fingerprint density at radius 1 is 1.11 bits per heavy atom. The van der Waals surface area contributed by atoms with Crippen molar-refractivity contribution in [2.24, 2.45) is 11.8 Å². The highest BCUT2D eigenvalue weighted by Crippen LogP contribution is 2.40. The van der Waals surface area contributed by atoms with Crippen molar-refractivity contribution in [1.29, 1.82) is 0 Å². The Labute approximate surface area is 110 Å². The van der Waals surface area contributed by atoms with Crippen LogP contribution in [-0.4, -0.2) is 11.8 Å². The van der Waals surface area contributed by atoms with Crippen LogP contribution in [0.4, 0.5) is 15.8 Å². The Bertz CT molecular complexity index is 534. The van der Waals surface area contributed by atoms with Crippen LogP contribution in [0.2, 0.25) is 0 Å². The average Bonchev–Trinajstić information content (AvgIpc) is 2.66. The molecule has 0 aromatic heterocycles. The summed E-state index contributed by atoms with van der Waals surface area (Å²) in [6.45, 7) is 0. The first-order chi connectivity index (χ1) is 9.09. The van der Waals surface area contributed by atoms with Crippen LogP contribution in [0.3, 0.4) is 0 Å². The van der Waals surface area contributed by atoms with Gasteiger partial charge in [0.15, 0.2) is 0 Å². The van der Waals surface area contributed by atoms with E-state index in [4.69, 9.17) is 5.73 Å². The van der Waals surface area contributed by atoms with Gasteiger partial charge in [0.05, 0.1) is 17.5 Å². The number of fused-ring (bicyclic) bond motifs is 1. The Morgan fingerprint density at radius 2 is 1.68 bits per heavy atom. The number of benzene rings is 1. The van der Waals surface area contributed by atoms with E-state index in [0.717, 1.165) is 30.6 Å². The number of halogens is 1. The van der Waals surface area contributed by atoms with Gasteiger partial charge in [0.2, 0.25) is 11.8 Å². The Balaban J connectivity index is 2.03. The zero-order chi connectivity index (χ0) is 13.6. The number of nitrogens with two attached hydrogens (primary N) is 1. The van der Waals surface area contributed by atoms with Crippen molar-refractivity contribution in [3.8, 4) is 0 Å². The summed E-state index contributed by atoms with van der Waals surface area (Å²) in [7, 11) is 0. The molecular weight excluding hydrogens is 247 g/mol. The SMILES string of the molecule is Nc1ccc(F)c(N2C(=O)[C@@H]3CCCC[C@H]3C2=O)c1. The smallest absolute Gasteiger partial charge is 0.237 e. The summed E-state index contributed by atoms with van der Waals surface area (Å²) >= 11 is 0. The molecule has 1 saturated heterocycles. The van der Waals surface area contributed by atoms with Crippen molar-refractivity contribution in [2.45, 2.75) is 25.7 Å². The molecule has 5 heteroatoms. The average molecular weight is 262 g/mol. The number of carbonyl (C=O) groups excluding carboxylic acids is 2. The van der Waals surface area contributed by atoms with E-state index < -0.39 is 5.82 Å². The van der Waals surface area contributed by atoms with Crippen molar-refractivity contribution in [3.05, 3.63) is 24.0 Å². The predicted molar refractivity (Wildman–Crippen MR) is 68.8 cm³/mol. The van der Waals surface area contributed by atoms with E-state index in [9.17, 15) is 14.0 Å². The maximum absolute atomic E-state index is 13.8. The first kappa shape index (κ1) is 12.1. The topological polar surface area (TPSA) is 63.4 Å². The van der Waals surface area contributed by atoms with Crippen molar-refractivity contribution in [1.82, 2.24) is 0 Å². The molecule has 0 radical (unpaired) electrons. The third-order valence-corrected chi connectivity index (χ3v) is 4.05. The van der Waals surface area contributed by atoms with Gasteiger partial charge in [-0.3, -0.25) is 9.59 Å². The molecule has 4 nitrogen and oxygen atoms in total. The van der Waals surface area contributed by atoms with Crippen molar-refractivity contribution >= 4 is 23.2 Å². The minimum Gasteiger partial charge on any atom is -0.399 e. The Hall–Kier alpha value is -1.91. The molecule has 1 aromatic rings. The van der Waals surface area contributed by atoms with Crippen LogP contribution >= 0.6 is 0 Å². The molecule has 2 amide bonds. The normalized spacial score (nSPS) is 26.7. The van der Waals surface area contributed by atoms with Crippen LogP contribution in [0, 0.1) is 17.7 Å². The van der Waals surface area contributed by atoms with Gasteiger partial charge in [0, 0.05) is 5.69 Å². The second-order valence-electron chi connectivity index (χ2n) is 5.22. The molecule has 0 spiro atoms. The lowest BCUT2D eigenvalue weighted by atomic mass is 9.81. The summed E-state index contributed by atoms with van der Waals surface area (Å²) in [5, 5.41) is 0. The molecule has 2 atom stereocenters. The van der Waals surface area contributed by atoms with Crippen molar-refractivity contribution in [2.75, 3.05) is 10.6 Å². The first-order valence-electron chi connectivity index (χ1n) is 6.52. The second-order valence-corrected chi connectivity index (χ2v) is 5.22. The van der Waals surface area contributed by atoms with E-state index in [-0.39, 0.29) is 29.3 Å². The summed E-state index contributed by atoms with van der Waals surface area (Å²) < 4.78 is 13.8. The number of nitrogens with zero attached hydrogens (tertiary/aromatic N) is 1. The molecule has 0 unspecified atom stereocenters. The summed E-state index contributed by atoms with van der Waals surface area (Å²) in [6.07, 6.45) is 3.34. The van der Waals surface area contributed by atoms with Crippen LogP contribution in [0.25, 0.3) is 0 Å². The van der Waals surface area contributed by atoms with E-state index in [1.807, 2.05) is 0 Å². The standard InChI is InChI=1S/C14H15FN2O2/c15-11-6-5-8(16)7-12(11)17-13(18)9-3-1-2-4-10(9)14(17)19/h5-7,9-10H,1-4,16H2/t9-,10-/m1/s1. The Kier molecular flexibility index (Phi) is 2.77. The van der Waals surface area contributed by atoms with Gasteiger partial charge in [0.25, 0.3) is 0 Å². The van der Waals surface area contributed by atoms with Crippen LogP contribution in [0.5, 0.6) is 0 Å². The van der Waals surface area contributed by atoms with E-state index in [2.05, 4.69) is 0 Å². The fourth-order valence-electron chi connectivity index (χ4n) is 3.10. The lowest BCUT2D eigenvalue weighted by Crippen LogP contribution is -2.31. The quantitative estimate of drug-likeness (QED) is 0.622. The number of hydrogen-bond acceptors (Lipinski definition) is 3. The lowest BCUT2D eigenvalue weighted by molar-refractivity contribution is -0.122. The molecule has 2 fully saturated rings. The number of hydrogen-bond donors (Lipinski definition) is 1. The molecule has 3 rings (SSSR count). The molecule has 19 heavy (non-hydrogen) atoms. The van der Waals surface area contributed by atoms with Gasteiger partial charge in [0.1, 0.15) is 5.82 Å². The summed E-state index contributed by atoms with van der Waals surface area (Å²) in [4.78, 5) is 25.6. The van der Waals surface area contributed by atoms with Crippen molar-refractivity contribution in [3.63, 3.8) is 0 Å². The Morgan fingerprint density at radius 3 is 2.26 bits per heavy atom. The zero-order valence-corrected chi connectivity index (χ0v) is 10.4. The van der Waals surface area contributed by atoms with Gasteiger partial charge in [-0.1, -0.05) is 12.8 Å². The fourth-order valence-corrected chi connectivity index (χ4v) is 3.10. The van der Waals surface area contributed by atoms with Gasteiger partial charge in [-0.15, -0.1) is 0 Å². The summed E-state index contributed by atoms with van der Waals surface area (Å²) in [5.74, 6) is -1.70. The molecule has 1 aromatic carbocycles. The number of anilines is 2. The number of amides is 2. The largest absolute Gasteiger partial charge is 0.399 e. The molecule has 1 aliphatic carbocycles. The van der Waals surface area contributed by atoms with E-state index in [0.29, 0.717) is 5.69 Å². The number of carbonyl (C=O) groups is 2. The maximum atomic E-state index is 13.8. The van der Waals surface area contributed by atoms with Crippen LogP contribution < -0.4 is 10.6 Å². The molecule has 0 bridgehead atoms. The third-order valence-electron chi connectivity index (χ3n) is 4.05. The summed E-state index contributed by atoms with van der Waals surface area (Å²) in [5.41, 5.74) is 5.95. The lowest BCUT2D eigenvalue weighted by Gasteiger charge is -2.19. The highest BCUT2D eigenvalue weighted by atomic mass is 19.1. The van der Waals surface area contributed by atoms with Crippen LogP contribution in [0.1, 0.15) is 25.7 Å². The molecule has 1 heterocycles. The van der Waals surface area contributed by atoms with Gasteiger partial charge < -0.3 is 5.73 Å². The second kappa shape index (κ2) is 4.33. The van der Waals surface area contributed by atoms with Crippen LogP contribution in [-0.2, 0) is 9.59 Å². The molecule has 1 aliphatic heterocycles. The van der Waals surface area contributed by atoms with Gasteiger partial charge >= 0.3 is 0 Å². The molecule has 2 N–H and O–H groups in total. The number of imide groups is 1. The minimum absolute atomic E-state index is 0.00981. The molecule has 1 saturated carbocycles. The maximum Gasteiger partial charge on any atom is 0.237 e. The number of nitrogen functional groups attached to an aromatic ring is 1. The number of rotatable bonds is 1. The van der Waals surface area contributed by atoms with E-state index in [1.54, 1.807) is 0 Å². The highest BCUT2D eigenvalue weighted by molar-refractivity contribution is 6.22. The molecular formula is C14H15FN2O2. The van der Waals surface area contributed by atoms with Gasteiger partial charge in [-0.05, 0) is 31.0 Å². The molecule has 100 valence electrons. The van der Waals surface area contributed by atoms with Gasteiger partial charge in [-0.2, -0.15) is 0 Å². The zero-order valence-electron chi connectivity index (χ0n) is 10.4. The van der Waals surface area contributed by atoms with E-state index in [1.165, 1.54) is 18.2 Å². The van der Waals surface area contributed by atoms with Crippen LogP contribution in [0.15, 0.2) is 18.2 Å². The first-order valence-corrected chi connectivity index (χ1v) is 6.52. The highest BCUT2D eigenvalue weighted by Gasteiger charge is 2.49. The summed E-state index contributed by atoms with van der Waals surface area (Å²) in [6, 6.07) is 3.95.